The third kappa shape index (κ3) is 6.22. The lowest BCUT2D eigenvalue weighted by atomic mass is 9.94. The maximum atomic E-state index is 2.49. The second kappa shape index (κ2) is 11.8. The van der Waals surface area contributed by atoms with Gasteiger partial charge in [0, 0.05) is 5.16 Å². The van der Waals surface area contributed by atoms with E-state index in [9.17, 15) is 0 Å². The van der Waals surface area contributed by atoms with Crippen LogP contribution in [0, 0.1) is 0 Å². The van der Waals surface area contributed by atoms with E-state index in [4.69, 9.17) is 0 Å². The molecule has 32 heavy (non-hydrogen) atoms. The van der Waals surface area contributed by atoms with Gasteiger partial charge in [-0.25, -0.2) is 0 Å². The van der Waals surface area contributed by atoms with Gasteiger partial charge in [0.2, 0.25) is 0 Å². The maximum Gasteiger partial charge on any atom is 0.0311 e. The fourth-order valence-electron chi connectivity index (χ4n) is 4.64. The van der Waals surface area contributed by atoms with Crippen molar-refractivity contribution in [2.75, 3.05) is 6.16 Å². The number of hydrogen-bond donors (Lipinski definition) is 0. The molecule has 0 spiro atoms. The maximum absolute atomic E-state index is 2.49. The second-order valence-corrected chi connectivity index (χ2v) is 13.9. The monoisotopic (exact) mass is 464 g/mol. The van der Waals surface area contributed by atoms with Gasteiger partial charge in [-0.05, 0) is 106 Å². The summed E-state index contributed by atoms with van der Waals surface area (Å²) in [6.07, 6.45) is 10.0. The molecule has 0 aromatic heterocycles. The van der Waals surface area contributed by atoms with Crippen LogP contribution in [-0.4, -0.2) is 16.6 Å². The summed E-state index contributed by atoms with van der Waals surface area (Å²) in [6, 6.07) is 19.3. The Morgan fingerprint density at radius 2 is 1.22 bits per heavy atom. The van der Waals surface area contributed by atoms with E-state index in [0.29, 0.717) is 5.16 Å². The molecule has 3 rings (SSSR count). The van der Waals surface area contributed by atoms with Gasteiger partial charge in [0.05, 0.1) is 0 Å². The van der Waals surface area contributed by atoms with Gasteiger partial charge in [0.25, 0.3) is 0 Å². The average molecular weight is 465 g/mol. The van der Waals surface area contributed by atoms with Crippen molar-refractivity contribution in [3.8, 4) is 0 Å². The van der Waals surface area contributed by atoms with Crippen LogP contribution in [0.15, 0.2) is 59.7 Å². The average Bonchev–Trinajstić information content (AvgIpc) is 3.00. The molecule has 2 heteroatoms. The molecule has 0 saturated carbocycles. The largest absolute Gasteiger partial charge is 0.0899 e. The van der Waals surface area contributed by atoms with E-state index in [1.165, 1.54) is 70.4 Å². The van der Waals surface area contributed by atoms with Gasteiger partial charge in [-0.15, -0.1) is 0 Å². The Bertz CT molecular complexity index is 882. The van der Waals surface area contributed by atoms with E-state index >= 15 is 0 Å². The lowest BCUT2D eigenvalue weighted by Crippen LogP contribution is -2.22. The van der Waals surface area contributed by atoms with Gasteiger partial charge in [-0.2, -0.15) is 0 Å². The Kier molecular flexibility index (Phi) is 9.34. The van der Waals surface area contributed by atoms with Crippen molar-refractivity contribution in [3.05, 3.63) is 70.8 Å². The van der Waals surface area contributed by atoms with Crippen LogP contribution in [0.5, 0.6) is 0 Å². The zero-order valence-corrected chi connectivity index (χ0v) is 23.0. The first kappa shape index (κ1) is 25.4. The van der Waals surface area contributed by atoms with Crippen molar-refractivity contribution in [2.45, 2.75) is 91.6 Å². The summed E-state index contributed by atoms with van der Waals surface area (Å²) < 4.78 is 0. The fourth-order valence-corrected chi connectivity index (χ4v) is 8.95. The SMILES string of the molecule is CCCCc1ccc(P(CCC2(C)P=C(C)C(C)=C2C)c2ccc(CCCC)cc2)cc1. The van der Waals surface area contributed by atoms with Gasteiger partial charge in [0.15, 0.2) is 0 Å². The molecule has 172 valence electrons. The molecule has 0 N–H and O–H groups in total. The number of hydrogen-bond acceptors (Lipinski definition) is 0. The van der Waals surface area contributed by atoms with Crippen molar-refractivity contribution >= 4 is 32.0 Å². The van der Waals surface area contributed by atoms with E-state index in [0.717, 1.165) is 0 Å². The highest BCUT2D eigenvalue weighted by molar-refractivity contribution is 7.73. The van der Waals surface area contributed by atoms with Crippen molar-refractivity contribution < 1.29 is 0 Å². The first-order valence-electron chi connectivity index (χ1n) is 12.6. The van der Waals surface area contributed by atoms with Gasteiger partial charge in [-0.1, -0.05) is 89.0 Å². The fraction of sp³-hybridized carbons (Fsp3) is 0.500. The zero-order valence-electron chi connectivity index (χ0n) is 21.2. The van der Waals surface area contributed by atoms with E-state index < -0.39 is 0 Å². The highest BCUT2D eigenvalue weighted by Gasteiger charge is 2.32. The minimum absolute atomic E-state index is 0.302. The summed E-state index contributed by atoms with van der Waals surface area (Å²) in [5, 5.41) is 4.95. The predicted octanol–water partition coefficient (Wildman–Crippen LogP) is 8.44. The molecule has 0 bridgehead atoms. The smallest absolute Gasteiger partial charge is 0.0311 e. The van der Waals surface area contributed by atoms with Gasteiger partial charge in [-0.3, -0.25) is 0 Å². The number of rotatable bonds is 11. The molecule has 0 amide bonds. The van der Waals surface area contributed by atoms with Gasteiger partial charge >= 0.3 is 0 Å². The standard InChI is InChI=1S/C30H42P2/c1-7-9-11-26-13-17-28(18-14-26)32(29-19-15-27(16-20-29)12-10-8-2)22-21-30(6)24(4)23(3)25(5)31-30/h13-20H,7-12,21-22H2,1-6H3. The van der Waals surface area contributed by atoms with Crippen LogP contribution in [0.4, 0.5) is 0 Å². The van der Waals surface area contributed by atoms with Crippen molar-refractivity contribution in [1.29, 1.82) is 0 Å². The number of benzene rings is 2. The highest BCUT2D eigenvalue weighted by Crippen LogP contribution is 2.47. The number of aryl methyl sites for hydroxylation is 2. The van der Waals surface area contributed by atoms with Gasteiger partial charge in [0.1, 0.15) is 0 Å². The highest BCUT2D eigenvalue weighted by atomic mass is 31.1. The van der Waals surface area contributed by atoms with E-state index in [1.807, 2.05) is 0 Å². The van der Waals surface area contributed by atoms with E-state index in [-0.39, 0.29) is 7.92 Å². The molecule has 1 heterocycles. The molecule has 1 unspecified atom stereocenters. The molecule has 0 nitrogen and oxygen atoms in total. The third-order valence-corrected chi connectivity index (χ3v) is 11.5. The van der Waals surface area contributed by atoms with Crippen LogP contribution in [0.3, 0.4) is 0 Å². The Morgan fingerprint density at radius 1 is 0.750 bits per heavy atom. The first-order valence-corrected chi connectivity index (χ1v) is 15.0. The van der Waals surface area contributed by atoms with Crippen LogP contribution < -0.4 is 10.6 Å². The molecule has 1 aliphatic rings. The quantitative estimate of drug-likeness (QED) is 0.293. The van der Waals surface area contributed by atoms with Crippen LogP contribution in [0.2, 0.25) is 0 Å². The van der Waals surface area contributed by atoms with E-state index in [1.54, 1.807) is 27.0 Å². The molecule has 0 saturated heterocycles. The summed E-state index contributed by atoms with van der Waals surface area (Å²) in [5.74, 6) is 0. The van der Waals surface area contributed by atoms with Crippen LogP contribution in [-0.2, 0) is 12.8 Å². The summed E-state index contributed by atoms with van der Waals surface area (Å²) in [5.41, 5.74) is 6.12. The first-order chi connectivity index (χ1) is 15.4. The van der Waals surface area contributed by atoms with Crippen molar-refractivity contribution in [1.82, 2.24) is 0 Å². The topological polar surface area (TPSA) is 0 Å². The molecular formula is C30H42P2. The lowest BCUT2D eigenvalue weighted by molar-refractivity contribution is 0.715. The van der Waals surface area contributed by atoms with Gasteiger partial charge < -0.3 is 0 Å². The minimum Gasteiger partial charge on any atom is -0.0899 e. The molecule has 2 aromatic rings. The molecule has 1 atom stereocenters. The molecule has 0 aliphatic carbocycles. The van der Waals surface area contributed by atoms with E-state index in [2.05, 4.69) is 90.1 Å². The Hall–Kier alpha value is -1.22. The predicted molar refractivity (Wildman–Crippen MR) is 150 cm³/mol. The van der Waals surface area contributed by atoms with Crippen LogP contribution >= 0.6 is 16.1 Å². The second-order valence-electron chi connectivity index (χ2n) is 9.66. The minimum atomic E-state index is -0.333. The molecule has 0 fully saturated rings. The Balaban J connectivity index is 1.84. The summed E-state index contributed by atoms with van der Waals surface area (Å²) in [4.78, 5) is 0. The number of allylic oxidation sites excluding steroid dienone is 2. The van der Waals surface area contributed by atoms with Crippen molar-refractivity contribution in [2.24, 2.45) is 0 Å². The van der Waals surface area contributed by atoms with Crippen molar-refractivity contribution in [3.63, 3.8) is 0 Å². The molecule has 1 aliphatic heterocycles. The normalized spacial score (nSPS) is 19.0. The molecule has 2 aromatic carbocycles. The summed E-state index contributed by atoms with van der Waals surface area (Å²) in [7, 11) is 1.19. The Morgan fingerprint density at radius 3 is 1.59 bits per heavy atom. The molecular weight excluding hydrogens is 422 g/mol. The Labute approximate surface area is 200 Å². The third-order valence-electron chi connectivity index (χ3n) is 7.28. The van der Waals surface area contributed by atoms with Crippen LogP contribution in [0.1, 0.15) is 84.8 Å². The molecule has 0 radical (unpaired) electrons. The van der Waals surface area contributed by atoms with Crippen LogP contribution in [0.25, 0.3) is 0 Å². The summed E-state index contributed by atoms with van der Waals surface area (Å²) >= 11 is 0. The lowest BCUT2D eigenvalue weighted by Gasteiger charge is -2.28. The summed E-state index contributed by atoms with van der Waals surface area (Å²) in [6.45, 7) is 14.0. The zero-order chi connectivity index (χ0) is 23.1. The number of unbranched alkanes of at least 4 members (excludes halogenated alkanes) is 2.